The van der Waals surface area contributed by atoms with Crippen molar-refractivity contribution in [2.24, 2.45) is 5.92 Å². The predicted octanol–water partition coefficient (Wildman–Crippen LogP) is 1.88. The van der Waals surface area contributed by atoms with Crippen LogP contribution in [-0.4, -0.2) is 35.4 Å². The van der Waals surface area contributed by atoms with Gasteiger partial charge in [0.2, 0.25) is 0 Å². The number of aliphatic carboxylic acids is 1. The van der Waals surface area contributed by atoms with Crippen molar-refractivity contribution in [3.8, 4) is 0 Å². The summed E-state index contributed by atoms with van der Waals surface area (Å²) in [7, 11) is 0. The van der Waals surface area contributed by atoms with Crippen LogP contribution >= 0.6 is 0 Å². The van der Waals surface area contributed by atoms with E-state index in [-0.39, 0.29) is 31.7 Å². The minimum atomic E-state index is -4.43. The average Bonchev–Trinajstić information content (AvgIpc) is 3.03. The van der Waals surface area contributed by atoms with Crippen LogP contribution in [0.15, 0.2) is 0 Å². The van der Waals surface area contributed by atoms with E-state index >= 15 is 0 Å². The van der Waals surface area contributed by atoms with Gasteiger partial charge in [0.1, 0.15) is 5.54 Å². The largest absolute Gasteiger partial charge is 0.481 e. The first-order valence-corrected chi connectivity index (χ1v) is 6.01. The molecule has 0 aliphatic heterocycles. The lowest BCUT2D eigenvalue weighted by molar-refractivity contribution is -0.162. The Hall–Kier alpha value is -1.47. The lowest BCUT2D eigenvalue weighted by atomic mass is 10.1. The van der Waals surface area contributed by atoms with Gasteiger partial charge in [-0.2, -0.15) is 13.2 Å². The molecule has 0 saturated heterocycles. The Morgan fingerprint density at radius 1 is 1.37 bits per heavy atom. The van der Waals surface area contributed by atoms with E-state index in [9.17, 15) is 22.8 Å². The van der Waals surface area contributed by atoms with Crippen molar-refractivity contribution in [1.82, 2.24) is 10.6 Å². The summed E-state index contributed by atoms with van der Waals surface area (Å²) in [4.78, 5) is 21.7. The molecule has 5 nitrogen and oxygen atoms in total. The molecule has 3 N–H and O–H groups in total. The van der Waals surface area contributed by atoms with Gasteiger partial charge in [0.25, 0.3) is 0 Å². The number of halogens is 3. The Bertz CT molecular complexity index is 354. The zero-order valence-corrected chi connectivity index (χ0v) is 10.5. The van der Waals surface area contributed by atoms with Gasteiger partial charge in [-0.15, -0.1) is 0 Å². The third-order valence-electron chi connectivity index (χ3n) is 3.11. The van der Waals surface area contributed by atoms with Gasteiger partial charge in [-0.1, -0.05) is 6.92 Å². The van der Waals surface area contributed by atoms with Crippen molar-refractivity contribution in [2.45, 2.75) is 44.3 Å². The molecule has 0 aromatic rings. The molecular weight excluding hydrogens is 265 g/mol. The summed E-state index contributed by atoms with van der Waals surface area (Å²) in [6.07, 6.45) is -4.30. The molecule has 1 unspecified atom stereocenters. The minimum absolute atomic E-state index is 0.0308. The zero-order valence-electron chi connectivity index (χ0n) is 10.5. The lowest BCUT2D eigenvalue weighted by Crippen LogP contribution is -2.52. The standard InChI is InChI=1S/C11H17F3N2O3/c1-7(2-3-8(17)18)6-15-9(19)16-10(4-5-10)11(12,13)14/h7H,2-6H2,1H3,(H,17,18)(H2,15,16,19). The highest BCUT2D eigenvalue weighted by atomic mass is 19.4. The number of hydrogen-bond donors (Lipinski definition) is 3. The fourth-order valence-corrected chi connectivity index (χ4v) is 1.60. The van der Waals surface area contributed by atoms with E-state index in [0.29, 0.717) is 6.42 Å². The summed E-state index contributed by atoms with van der Waals surface area (Å²) < 4.78 is 37.7. The molecule has 0 bridgehead atoms. The first-order chi connectivity index (χ1) is 8.66. The topological polar surface area (TPSA) is 78.4 Å². The Morgan fingerprint density at radius 3 is 2.37 bits per heavy atom. The van der Waals surface area contributed by atoms with Crippen LogP contribution in [0.2, 0.25) is 0 Å². The second-order valence-corrected chi connectivity index (χ2v) is 4.95. The molecule has 1 fully saturated rings. The quantitative estimate of drug-likeness (QED) is 0.696. The van der Waals surface area contributed by atoms with Crippen LogP contribution in [-0.2, 0) is 4.79 Å². The Balaban J connectivity index is 2.27. The van der Waals surface area contributed by atoms with Crippen LogP contribution in [0.5, 0.6) is 0 Å². The molecule has 0 radical (unpaired) electrons. The second-order valence-electron chi connectivity index (χ2n) is 4.95. The van der Waals surface area contributed by atoms with Crippen molar-refractivity contribution in [1.29, 1.82) is 0 Å². The molecule has 8 heteroatoms. The van der Waals surface area contributed by atoms with Gasteiger partial charge in [0.15, 0.2) is 0 Å². The smallest absolute Gasteiger partial charge is 0.411 e. The lowest BCUT2D eigenvalue weighted by Gasteiger charge is -2.21. The molecule has 1 aliphatic rings. The van der Waals surface area contributed by atoms with Crippen molar-refractivity contribution < 1.29 is 27.9 Å². The van der Waals surface area contributed by atoms with E-state index in [2.05, 4.69) is 5.32 Å². The van der Waals surface area contributed by atoms with Crippen molar-refractivity contribution >= 4 is 12.0 Å². The molecule has 110 valence electrons. The van der Waals surface area contributed by atoms with Gasteiger partial charge in [-0.3, -0.25) is 4.79 Å². The molecule has 0 aromatic carbocycles. The molecule has 0 heterocycles. The second kappa shape index (κ2) is 5.66. The highest BCUT2D eigenvalue weighted by Crippen LogP contribution is 2.48. The summed E-state index contributed by atoms with van der Waals surface area (Å²) in [5.41, 5.74) is -2.07. The summed E-state index contributed by atoms with van der Waals surface area (Å²) in [6, 6.07) is -0.864. The number of alkyl halides is 3. The number of hydrogen-bond acceptors (Lipinski definition) is 2. The van der Waals surface area contributed by atoms with E-state index in [4.69, 9.17) is 5.11 Å². The van der Waals surface area contributed by atoms with E-state index in [1.807, 2.05) is 5.32 Å². The van der Waals surface area contributed by atoms with E-state index < -0.39 is 23.7 Å². The third kappa shape index (κ3) is 4.60. The molecule has 0 aromatic heterocycles. The number of nitrogens with one attached hydrogen (secondary N) is 2. The van der Waals surface area contributed by atoms with Crippen molar-refractivity contribution in [2.75, 3.05) is 6.54 Å². The van der Waals surface area contributed by atoms with Crippen LogP contribution in [0.4, 0.5) is 18.0 Å². The highest BCUT2D eigenvalue weighted by Gasteiger charge is 2.64. The van der Waals surface area contributed by atoms with Gasteiger partial charge < -0.3 is 15.7 Å². The van der Waals surface area contributed by atoms with Gasteiger partial charge in [0, 0.05) is 13.0 Å². The number of amides is 2. The summed E-state index contributed by atoms with van der Waals surface area (Å²) in [5.74, 6) is -1.05. The fraction of sp³-hybridized carbons (Fsp3) is 0.818. The number of carboxylic acids is 1. The summed E-state index contributed by atoms with van der Waals surface area (Å²) in [5, 5.41) is 12.7. The van der Waals surface area contributed by atoms with Crippen LogP contribution < -0.4 is 10.6 Å². The van der Waals surface area contributed by atoms with Crippen molar-refractivity contribution in [3.05, 3.63) is 0 Å². The zero-order chi connectivity index (χ0) is 14.7. The third-order valence-corrected chi connectivity index (χ3v) is 3.11. The number of carbonyl (C=O) groups is 2. The fourth-order valence-electron chi connectivity index (χ4n) is 1.60. The molecule has 1 atom stereocenters. The van der Waals surface area contributed by atoms with E-state index in [0.717, 1.165) is 0 Å². The summed E-state index contributed by atoms with van der Waals surface area (Å²) >= 11 is 0. The maximum atomic E-state index is 12.6. The average molecular weight is 282 g/mol. The first-order valence-electron chi connectivity index (χ1n) is 6.01. The van der Waals surface area contributed by atoms with Crippen LogP contribution in [0, 0.1) is 5.92 Å². The van der Waals surface area contributed by atoms with Crippen LogP contribution in [0.1, 0.15) is 32.6 Å². The number of urea groups is 1. The van der Waals surface area contributed by atoms with E-state index in [1.54, 1.807) is 6.92 Å². The Labute approximate surface area is 108 Å². The van der Waals surface area contributed by atoms with Gasteiger partial charge in [-0.05, 0) is 25.2 Å². The Kier molecular flexibility index (Phi) is 4.65. The van der Waals surface area contributed by atoms with Gasteiger partial charge in [-0.25, -0.2) is 4.79 Å². The molecular formula is C11H17F3N2O3. The van der Waals surface area contributed by atoms with Crippen molar-refractivity contribution in [3.63, 3.8) is 0 Å². The molecule has 1 saturated carbocycles. The molecule has 1 aliphatic carbocycles. The number of rotatable bonds is 6. The maximum absolute atomic E-state index is 12.6. The maximum Gasteiger partial charge on any atom is 0.411 e. The highest BCUT2D eigenvalue weighted by molar-refractivity contribution is 5.75. The Morgan fingerprint density at radius 2 is 1.95 bits per heavy atom. The van der Waals surface area contributed by atoms with Crippen LogP contribution in [0.25, 0.3) is 0 Å². The molecule has 1 rings (SSSR count). The monoisotopic (exact) mass is 282 g/mol. The van der Waals surface area contributed by atoms with E-state index in [1.165, 1.54) is 0 Å². The first kappa shape index (κ1) is 15.6. The SMILES string of the molecule is CC(CCC(=O)O)CNC(=O)NC1(C(F)(F)F)CC1. The number of carbonyl (C=O) groups excluding carboxylic acids is 1. The normalized spacial score (nSPS) is 18.5. The summed E-state index contributed by atoms with van der Waals surface area (Å²) in [6.45, 7) is 1.87. The number of carboxylic acid groups (broad SMARTS) is 1. The minimum Gasteiger partial charge on any atom is -0.481 e. The molecule has 2 amide bonds. The molecule has 0 spiro atoms. The van der Waals surface area contributed by atoms with Crippen LogP contribution in [0.3, 0.4) is 0 Å². The predicted molar refractivity (Wildman–Crippen MR) is 60.6 cm³/mol. The van der Waals surface area contributed by atoms with Gasteiger partial charge >= 0.3 is 18.2 Å². The van der Waals surface area contributed by atoms with Gasteiger partial charge in [0.05, 0.1) is 0 Å². The molecule has 19 heavy (non-hydrogen) atoms.